The van der Waals surface area contributed by atoms with Crippen molar-refractivity contribution >= 4 is 22.5 Å². The largest absolute Gasteiger partial charge is 0.321 e. The highest BCUT2D eigenvalue weighted by Gasteiger charge is 2.16. The highest BCUT2D eigenvalue weighted by atomic mass is 19.2. The second kappa shape index (κ2) is 4.73. The minimum atomic E-state index is -1.16. The van der Waals surface area contributed by atoms with Crippen LogP contribution in [0.15, 0.2) is 42.6 Å². The van der Waals surface area contributed by atoms with Gasteiger partial charge in [-0.15, -0.1) is 0 Å². The van der Waals surface area contributed by atoms with Gasteiger partial charge in [0.25, 0.3) is 5.91 Å². The third kappa shape index (κ3) is 2.01. The van der Waals surface area contributed by atoms with Crippen molar-refractivity contribution in [3.63, 3.8) is 0 Å². The molecule has 3 aromatic rings. The van der Waals surface area contributed by atoms with Gasteiger partial charge in [-0.25, -0.2) is 8.78 Å². The van der Waals surface area contributed by atoms with Crippen LogP contribution in [-0.4, -0.2) is 16.1 Å². The second-order valence-corrected chi connectivity index (χ2v) is 4.19. The first-order chi connectivity index (χ1) is 9.66. The number of benzene rings is 2. The van der Waals surface area contributed by atoms with E-state index in [0.717, 1.165) is 11.6 Å². The van der Waals surface area contributed by atoms with Crippen molar-refractivity contribution in [1.82, 2.24) is 10.2 Å². The Balaban J connectivity index is 1.97. The molecule has 0 radical (unpaired) electrons. The smallest absolute Gasteiger partial charge is 0.258 e. The van der Waals surface area contributed by atoms with Crippen LogP contribution in [0, 0.1) is 11.6 Å². The Morgan fingerprint density at radius 2 is 1.95 bits per heavy atom. The van der Waals surface area contributed by atoms with Crippen molar-refractivity contribution in [2.75, 3.05) is 5.32 Å². The van der Waals surface area contributed by atoms with Crippen LogP contribution in [0.2, 0.25) is 0 Å². The number of nitrogens with one attached hydrogen (secondary N) is 2. The molecule has 0 unspecified atom stereocenters. The maximum atomic E-state index is 13.6. The molecule has 0 saturated carbocycles. The first-order valence-corrected chi connectivity index (χ1v) is 5.84. The molecule has 100 valence electrons. The van der Waals surface area contributed by atoms with E-state index in [4.69, 9.17) is 0 Å². The Bertz CT molecular complexity index is 798. The lowest BCUT2D eigenvalue weighted by atomic mass is 10.1. The summed E-state index contributed by atoms with van der Waals surface area (Å²) in [4.78, 5) is 12.0. The third-order valence-corrected chi connectivity index (χ3v) is 2.93. The zero-order valence-corrected chi connectivity index (χ0v) is 10.2. The molecule has 2 aromatic carbocycles. The number of hydrogen-bond donors (Lipinski definition) is 2. The number of nitrogens with zero attached hydrogens (tertiary/aromatic N) is 1. The molecule has 0 fully saturated rings. The number of rotatable bonds is 2. The zero-order chi connectivity index (χ0) is 14.1. The van der Waals surface area contributed by atoms with Crippen molar-refractivity contribution in [2.45, 2.75) is 0 Å². The summed E-state index contributed by atoms with van der Waals surface area (Å²) in [7, 11) is 0. The van der Waals surface area contributed by atoms with Gasteiger partial charge >= 0.3 is 0 Å². The topological polar surface area (TPSA) is 57.8 Å². The first kappa shape index (κ1) is 12.3. The summed E-state index contributed by atoms with van der Waals surface area (Å²) in [6, 6.07) is 8.64. The summed E-state index contributed by atoms with van der Waals surface area (Å²) in [5.74, 6) is -2.93. The van der Waals surface area contributed by atoms with E-state index in [1.807, 2.05) is 0 Å². The molecule has 0 saturated heterocycles. The van der Waals surface area contributed by atoms with E-state index in [9.17, 15) is 13.6 Å². The number of carbonyl (C=O) groups is 1. The number of halogens is 2. The van der Waals surface area contributed by atoms with Gasteiger partial charge < -0.3 is 5.32 Å². The molecular formula is C14H9F2N3O. The zero-order valence-electron chi connectivity index (χ0n) is 10.2. The summed E-state index contributed by atoms with van der Waals surface area (Å²) < 4.78 is 26.7. The minimum Gasteiger partial charge on any atom is -0.321 e. The SMILES string of the molecule is O=C(Nc1cccc2[nH]ncc12)c1cccc(F)c1F. The maximum absolute atomic E-state index is 13.6. The number of hydrogen-bond acceptors (Lipinski definition) is 2. The van der Waals surface area contributed by atoms with Crippen LogP contribution in [0.25, 0.3) is 10.9 Å². The average Bonchev–Trinajstić information content (AvgIpc) is 2.91. The van der Waals surface area contributed by atoms with E-state index in [2.05, 4.69) is 15.5 Å². The fraction of sp³-hybridized carbons (Fsp3) is 0. The molecule has 3 rings (SSSR count). The second-order valence-electron chi connectivity index (χ2n) is 4.19. The number of carbonyl (C=O) groups excluding carboxylic acids is 1. The van der Waals surface area contributed by atoms with Crippen LogP contribution < -0.4 is 5.32 Å². The Morgan fingerprint density at radius 3 is 2.80 bits per heavy atom. The molecule has 20 heavy (non-hydrogen) atoms. The Labute approximate surface area is 112 Å². The predicted molar refractivity (Wildman–Crippen MR) is 70.4 cm³/mol. The molecule has 0 spiro atoms. The standard InChI is InChI=1S/C14H9F2N3O/c15-10-4-1-3-8(13(10)16)14(20)18-11-5-2-6-12-9(11)7-17-19-12/h1-7H,(H,17,19)(H,18,20). The van der Waals surface area contributed by atoms with Crippen LogP contribution in [0.3, 0.4) is 0 Å². The van der Waals surface area contributed by atoms with E-state index >= 15 is 0 Å². The highest BCUT2D eigenvalue weighted by Crippen LogP contribution is 2.22. The highest BCUT2D eigenvalue weighted by molar-refractivity contribution is 6.08. The number of aromatic nitrogens is 2. The minimum absolute atomic E-state index is 0.342. The van der Waals surface area contributed by atoms with Gasteiger partial charge in [0.05, 0.1) is 23.0 Å². The fourth-order valence-corrected chi connectivity index (χ4v) is 1.95. The maximum Gasteiger partial charge on any atom is 0.258 e. The lowest BCUT2D eigenvalue weighted by Crippen LogP contribution is -2.14. The summed E-state index contributed by atoms with van der Waals surface area (Å²) >= 11 is 0. The molecule has 0 atom stereocenters. The Hall–Kier alpha value is -2.76. The van der Waals surface area contributed by atoms with Crippen molar-refractivity contribution in [3.8, 4) is 0 Å². The summed E-state index contributed by atoms with van der Waals surface area (Å²) in [5.41, 5.74) is 0.873. The molecule has 4 nitrogen and oxygen atoms in total. The number of aromatic amines is 1. The van der Waals surface area contributed by atoms with Crippen LogP contribution in [0.1, 0.15) is 10.4 Å². The fourth-order valence-electron chi connectivity index (χ4n) is 1.95. The van der Waals surface area contributed by atoms with Gasteiger partial charge in [0, 0.05) is 5.39 Å². The number of anilines is 1. The summed E-state index contributed by atoms with van der Waals surface area (Å²) in [6.45, 7) is 0. The number of H-pyrrole nitrogens is 1. The lowest BCUT2D eigenvalue weighted by Gasteiger charge is -2.07. The number of amides is 1. The van der Waals surface area contributed by atoms with Crippen molar-refractivity contribution < 1.29 is 13.6 Å². The molecule has 6 heteroatoms. The van der Waals surface area contributed by atoms with Crippen LogP contribution in [-0.2, 0) is 0 Å². The van der Waals surface area contributed by atoms with Gasteiger partial charge in [-0.1, -0.05) is 12.1 Å². The molecular weight excluding hydrogens is 264 g/mol. The molecule has 1 aromatic heterocycles. The number of fused-ring (bicyclic) bond motifs is 1. The third-order valence-electron chi connectivity index (χ3n) is 2.93. The van der Waals surface area contributed by atoms with E-state index in [-0.39, 0.29) is 5.56 Å². The van der Waals surface area contributed by atoms with Gasteiger partial charge in [-0.3, -0.25) is 9.89 Å². The van der Waals surface area contributed by atoms with Gasteiger partial charge in [0.2, 0.25) is 0 Å². The van der Waals surface area contributed by atoms with E-state index < -0.39 is 17.5 Å². The molecule has 0 aliphatic rings. The van der Waals surface area contributed by atoms with Crippen molar-refractivity contribution in [3.05, 3.63) is 59.8 Å². The Morgan fingerprint density at radius 1 is 1.15 bits per heavy atom. The monoisotopic (exact) mass is 273 g/mol. The summed E-state index contributed by atoms with van der Waals surface area (Å²) in [5, 5.41) is 9.86. The van der Waals surface area contributed by atoms with E-state index in [1.165, 1.54) is 12.1 Å². The normalized spacial score (nSPS) is 10.7. The Kier molecular flexibility index (Phi) is 2.90. The quantitative estimate of drug-likeness (QED) is 0.753. The predicted octanol–water partition coefficient (Wildman–Crippen LogP) is 3.09. The molecule has 0 aliphatic carbocycles. The van der Waals surface area contributed by atoms with Crippen LogP contribution in [0.5, 0.6) is 0 Å². The van der Waals surface area contributed by atoms with E-state index in [0.29, 0.717) is 11.1 Å². The van der Waals surface area contributed by atoms with Crippen LogP contribution >= 0.6 is 0 Å². The van der Waals surface area contributed by atoms with E-state index in [1.54, 1.807) is 24.4 Å². The van der Waals surface area contributed by atoms with Crippen molar-refractivity contribution in [1.29, 1.82) is 0 Å². The molecule has 1 amide bonds. The molecule has 1 heterocycles. The van der Waals surface area contributed by atoms with Gasteiger partial charge in [0.15, 0.2) is 11.6 Å². The van der Waals surface area contributed by atoms with Crippen LogP contribution in [0.4, 0.5) is 14.5 Å². The van der Waals surface area contributed by atoms with Gasteiger partial charge in [-0.05, 0) is 24.3 Å². The van der Waals surface area contributed by atoms with Gasteiger partial charge in [-0.2, -0.15) is 5.10 Å². The summed E-state index contributed by atoms with van der Waals surface area (Å²) in [6.07, 6.45) is 1.55. The molecule has 0 aliphatic heterocycles. The lowest BCUT2D eigenvalue weighted by molar-refractivity contribution is 0.102. The average molecular weight is 273 g/mol. The molecule has 0 bridgehead atoms. The first-order valence-electron chi connectivity index (χ1n) is 5.84. The van der Waals surface area contributed by atoms with Gasteiger partial charge in [0.1, 0.15) is 0 Å². The van der Waals surface area contributed by atoms with Crippen molar-refractivity contribution in [2.24, 2.45) is 0 Å². The molecule has 2 N–H and O–H groups in total.